The van der Waals surface area contributed by atoms with E-state index in [4.69, 9.17) is 4.74 Å². The Morgan fingerprint density at radius 2 is 1.93 bits per heavy atom. The first-order valence-electron chi connectivity index (χ1n) is 4.49. The molecule has 0 radical (unpaired) electrons. The van der Waals surface area contributed by atoms with Gasteiger partial charge in [0.1, 0.15) is 0 Å². The third kappa shape index (κ3) is 1.75. The van der Waals surface area contributed by atoms with Crippen LogP contribution in [-0.4, -0.2) is 13.1 Å². The molecule has 0 aliphatic carbocycles. The normalized spacial score (nSPS) is 10.3. The van der Waals surface area contributed by atoms with Crippen molar-refractivity contribution < 1.29 is 9.53 Å². The zero-order valence-corrected chi connectivity index (χ0v) is 9.74. The van der Waals surface area contributed by atoms with Gasteiger partial charge in [-0.3, -0.25) is 0 Å². The van der Waals surface area contributed by atoms with E-state index in [0.717, 1.165) is 15.2 Å². The molecule has 0 atom stereocenters. The summed E-state index contributed by atoms with van der Waals surface area (Å²) < 4.78 is 5.51. The number of fused-ring (bicyclic) bond motifs is 1. The van der Waals surface area contributed by atoms with Gasteiger partial charge in [0.05, 0.1) is 12.7 Å². The first kappa shape index (κ1) is 10.2. The molecule has 0 heterocycles. The van der Waals surface area contributed by atoms with Crippen molar-refractivity contribution in [3.05, 3.63) is 46.4 Å². The van der Waals surface area contributed by atoms with Gasteiger partial charge in [-0.2, -0.15) is 0 Å². The minimum absolute atomic E-state index is 0.321. The second-order valence-corrected chi connectivity index (χ2v) is 3.99. The summed E-state index contributed by atoms with van der Waals surface area (Å²) in [6.07, 6.45) is 0. The number of methoxy groups -OCH3 is 1. The number of benzene rings is 2. The van der Waals surface area contributed by atoms with Crippen molar-refractivity contribution in [1.29, 1.82) is 0 Å². The summed E-state index contributed by atoms with van der Waals surface area (Å²) in [5, 5.41) is 1.93. The fraction of sp³-hybridized carbons (Fsp3) is 0.0833. The average molecular weight is 265 g/mol. The number of hydrogen-bond acceptors (Lipinski definition) is 2. The van der Waals surface area contributed by atoms with Crippen molar-refractivity contribution in [3.8, 4) is 0 Å². The molecule has 3 heteroatoms. The number of halogens is 1. The molecule has 0 aliphatic rings. The topological polar surface area (TPSA) is 26.3 Å². The van der Waals surface area contributed by atoms with Crippen LogP contribution in [0.15, 0.2) is 40.9 Å². The minimum atomic E-state index is -0.321. The largest absolute Gasteiger partial charge is 0.465 e. The van der Waals surface area contributed by atoms with Crippen molar-refractivity contribution in [2.24, 2.45) is 0 Å². The smallest absolute Gasteiger partial charge is 0.339 e. The Morgan fingerprint density at radius 3 is 2.67 bits per heavy atom. The van der Waals surface area contributed by atoms with Crippen molar-refractivity contribution >= 4 is 32.7 Å². The van der Waals surface area contributed by atoms with Crippen LogP contribution < -0.4 is 0 Å². The molecule has 0 saturated heterocycles. The zero-order valence-electron chi connectivity index (χ0n) is 8.16. The van der Waals surface area contributed by atoms with Crippen LogP contribution in [0.3, 0.4) is 0 Å². The Morgan fingerprint density at radius 1 is 1.20 bits per heavy atom. The van der Waals surface area contributed by atoms with E-state index in [2.05, 4.69) is 15.9 Å². The molecular weight excluding hydrogens is 256 g/mol. The molecule has 0 aromatic heterocycles. The Labute approximate surface area is 96.0 Å². The molecule has 2 aromatic carbocycles. The molecule has 15 heavy (non-hydrogen) atoms. The first-order valence-corrected chi connectivity index (χ1v) is 5.29. The van der Waals surface area contributed by atoms with Gasteiger partial charge in [-0.25, -0.2) is 4.79 Å². The fourth-order valence-corrected chi connectivity index (χ4v) is 2.06. The molecule has 0 N–H and O–H groups in total. The predicted molar refractivity (Wildman–Crippen MR) is 63.0 cm³/mol. The maximum atomic E-state index is 11.6. The summed E-state index contributed by atoms with van der Waals surface area (Å²) in [7, 11) is 1.39. The van der Waals surface area contributed by atoms with E-state index < -0.39 is 0 Å². The Balaban J connectivity index is 2.79. The van der Waals surface area contributed by atoms with E-state index in [1.165, 1.54) is 7.11 Å². The fourth-order valence-electron chi connectivity index (χ4n) is 1.55. The number of carbonyl (C=O) groups excluding carboxylic acids is 1. The summed E-state index contributed by atoms with van der Waals surface area (Å²) in [5.74, 6) is -0.321. The van der Waals surface area contributed by atoms with Crippen molar-refractivity contribution in [2.75, 3.05) is 7.11 Å². The highest BCUT2D eigenvalue weighted by molar-refractivity contribution is 9.10. The highest BCUT2D eigenvalue weighted by atomic mass is 79.9. The Hall–Kier alpha value is -1.35. The molecule has 0 bridgehead atoms. The van der Waals surface area contributed by atoms with Gasteiger partial charge in [-0.05, 0) is 32.8 Å². The Bertz CT molecular complexity index is 520. The lowest BCUT2D eigenvalue weighted by Crippen LogP contribution is -2.03. The van der Waals surface area contributed by atoms with Crippen LogP contribution in [0.2, 0.25) is 0 Å². The van der Waals surface area contributed by atoms with Crippen LogP contribution in [0.4, 0.5) is 0 Å². The van der Waals surface area contributed by atoms with Crippen LogP contribution in [-0.2, 0) is 4.74 Å². The van der Waals surface area contributed by atoms with E-state index in [1.807, 2.05) is 36.4 Å². The van der Waals surface area contributed by atoms with Gasteiger partial charge < -0.3 is 4.74 Å². The summed E-state index contributed by atoms with van der Waals surface area (Å²) in [6, 6.07) is 11.5. The minimum Gasteiger partial charge on any atom is -0.465 e. The number of esters is 1. The molecular formula is C12H9BrO2. The van der Waals surface area contributed by atoms with Gasteiger partial charge >= 0.3 is 5.97 Å². The second-order valence-electron chi connectivity index (χ2n) is 3.14. The first-order chi connectivity index (χ1) is 7.24. The van der Waals surface area contributed by atoms with Crippen molar-refractivity contribution in [2.45, 2.75) is 0 Å². The van der Waals surface area contributed by atoms with E-state index in [1.54, 1.807) is 0 Å². The summed E-state index contributed by atoms with van der Waals surface area (Å²) in [4.78, 5) is 11.6. The molecule has 2 nitrogen and oxygen atoms in total. The number of ether oxygens (including phenoxy) is 1. The molecule has 2 rings (SSSR count). The average Bonchev–Trinajstić information content (AvgIpc) is 2.28. The third-order valence-corrected chi connectivity index (χ3v) is 2.93. The number of rotatable bonds is 1. The van der Waals surface area contributed by atoms with Gasteiger partial charge in [0.15, 0.2) is 0 Å². The van der Waals surface area contributed by atoms with Crippen LogP contribution in [0.25, 0.3) is 10.8 Å². The third-order valence-electron chi connectivity index (χ3n) is 2.27. The molecule has 0 spiro atoms. The van der Waals surface area contributed by atoms with Crippen molar-refractivity contribution in [3.63, 3.8) is 0 Å². The highest BCUT2D eigenvalue weighted by Crippen LogP contribution is 2.26. The van der Waals surface area contributed by atoms with Crippen molar-refractivity contribution in [1.82, 2.24) is 0 Å². The van der Waals surface area contributed by atoms with Gasteiger partial charge in [-0.15, -0.1) is 0 Å². The quantitative estimate of drug-likeness (QED) is 0.739. The molecule has 0 unspecified atom stereocenters. The molecule has 76 valence electrons. The standard InChI is InChI=1S/C12H9BrO2/c1-15-12(14)11-9-5-3-2-4-8(9)6-7-10(11)13/h2-7H,1H3. The van der Waals surface area contributed by atoms with Gasteiger partial charge in [0, 0.05) is 4.47 Å². The number of carbonyl (C=O) groups is 1. The highest BCUT2D eigenvalue weighted by Gasteiger charge is 2.13. The molecule has 0 amide bonds. The van der Waals surface area contributed by atoms with Gasteiger partial charge in [0.2, 0.25) is 0 Å². The monoisotopic (exact) mass is 264 g/mol. The lowest BCUT2D eigenvalue weighted by molar-refractivity contribution is 0.0602. The lowest BCUT2D eigenvalue weighted by Gasteiger charge is -2.06. The zero-order chi connectivity index (χ0) is 10.8. The van der Waals surface area contributed by atoms with Crippen LogP contribution >= 0.6 is 15.9 Å². The maximum Gasteiger partial charge on any atom is 0.339 e. The number of hydrogen-bond donors (Lipinski definition) is 0. The summed E-state index contributed by atoms with van der Waals surface area (Å²) >= 11 is 3.36. The maximum absolute atomic E-state index is 11.6. The summed E-state index contributed by atoms with van der Waals surface area (Å²) in [6.45, 7) is 0. The van der Waals surface area contributed by atoms with E-state index in [0.29, 0.717) is 5.56 Å². The van der Waals surface area contributed by atoms with Crippen LogP contribution in [0.5, 0.6) is 0 Å². The van der Waals surface area contributed by atoms with Gasteiger partial charge in [0.25, 0.3) is 0 Å². The molecule has 2 aromatic rings. The molecule has 0 fully saturated rings. The lowest BCUT2D eigenvalue weighted by atomic mass is 10.0. The van der Waals surface area contributed by atoms with E-state index in [-0.39, 0.29) is 5.97 Å². The van der Waals surface area contributed by atoms with Crippen LogP contribution in [0.1, 0.15) is 10.4 Å². The Kier molecular flexibility index (Phi) is 2.73. The molecule has 0 aliphatic heterocycles. The predicted octanol–water partition coefficient (Wildman–Crippen LogP) is 3.39. The SMILES string of the molecule is COC(=O)c1c(Br)ccc2ccccc12. The second kappa shape index (κ2) is 4.03. The molecule has 0 saturated carbocycles. The summed E-state index contributed by atoms with van der Waals surface area (Å²) in [5.41, 5.74) is 0.579. The van der Waals surface area contributed by atoms with E-state index in [9.17, 15) is 4.79 Å². The van der Waals surface area contributed by atoms with E-state index >= 15 is 0 Å². The van der Waals surface area contributed by atoms with Crippen LogP contribution in [0, 0.1) is 0 Å². The van der Waals surface area contributed by atoms with Gasteiger partial charge in [-0.1, -0.05) is 30.3 Å².